The molecule has 5 nitrogen and oxygen atoms in total. The summed E-state index contributed by atoms with van der Waals surface area (Å²) in [5.74, 6) is -0.310. The molecule has 17 heavy (non-hydrogen) atoms. The number of hydrogen-bond donors (Lipinski definition) is 3. The number of urea groups is 1. The van der Waals surface area contributed by atoms with Crippen LogP contribution in [0.15, 0.2) is 24.3 Å². The molecule has 1 fully saturated rings. The van der Waals surface area contributed by atoms with Crippen LogP contribution in [0.4, 0.5) is 10.5 Å². The molecule has 4 N–H and O–H groups in total. The van der Waals surface area contributed by atoms with Crippen LogP contribution < -0.4 is 16.4 Å². The number of carbonyl (C=O) groups is 2. The third kappa shape index (κ3) is 1.84. The summed E-state index contributed by atoms with van der Waals surface area (Å²) in [6, 6.07) is 6.60. The van der Waals surface area contributed by atoms with Gasteiger partial charge >= 0.3 is 6.03 Å². The zero-order valence-corrected chi connectivity index (χ0v) is 9.62. The normalized spacial score (nSPS) is 23.4. The molecule has 1 aromatic carbocycles. The van der Waals surface area contributed by atoms with Gasteiger partial charge in [0.25, 0.3) is 5.91 Å². The van der Waals surface area contributed by atoms with E-state index in [-0.39, 0.29) is 5.91 Å². The van der Waals surface area contributed by atoms with Crippen molar-refractivity contribution in [3.05, 3.63) is 29.8 Å². The molecule has 1 heterocycles. The van der Waals surface area contributed by atoms with Gasteiger partial charge < -0.3 is 11.1 Å². The number of rotatable bonds is 3. The van der Waals surface area contributed by atoms with Gasteiger partial charge in [-0.1, -0.05) is 25.5 Å². The number of benzene rings is 1. The SMILES string of the molecule is CCCC1(c2cccc(N)c2)NC(=O)NC1=O. The highest BCUT2D eigenvalue weighted by atomic mass is 16.2. The van der Waals surface area contributed by atoms with Crippen LogP contribution in [0.5, 0.6) is 0 Å². The molecule has 0 saturated carbocycles. The molecular formula is C12H15N3O2. The van der Waals surface area contributed by atoms with Crippen LogP contribution in [0.25, 0.3) is 0 Å². The Morgan fingerprint density at radius 2 is 2.12 bits per heavy atom. The fraction of sp³-hybridized carbons (Fsp3) is 0.333. The average Bonchev–Trinajstić information content (AvgIpc) is 2.55. The van der Waals surface area contributed by atoms with Gasteiger partial charge in [-0.3, -0.25) is 10.1 Å². The second-order valence-corrected chi connectivity index (χ2v) is 4.19. The molecular weight excluding hydrogens is 218 g/mol. The maximum Gasteiger partial charge on any atom is 0.322 e. The molecule has 1 saturated heterocycles. The van der Waals surface area contributed by atoms with E-state index in [0.717, 1.165) is 12.0 Å². The Hall–Kier alpha value is -2.04. The van der Waals surface area contributed by atoms with Crippen molar-refractivity contribution < 1.29 is 9.59 Å². The Morgan fingerprint density at radius 1 is 1.35 bits per heavy atom. The Balaban J connectivity index is 2.48. The number of nitrogens with one attached hydrogen (secondary N) is 2. The van der Waals surface area contributed by atoms with Crippen LogP contribution >= 0.6 is 0 Å². The van der Waals surface area contributed by atoms with Gasteiger partial charge in [-0.05, 0) is 24.1 Å². The van der Waals surface area contributed by atoms with Crippen LogP contribution in [0.3, 0.4) is 0 Å². The fourth-order valence-corrected chi connectivity index (χ4v) is 2.19. The zero-order chi connectivity index (χ0) is 12.5. The maximum atomic E-state index is 12.0. The standard InChI is InChI=1S/C12H15N3O2/c1-2-6-12(10(16)14-11(17)15-12)8-4-3-5-9(13)7-8/h3-5,7H,2,6,13H2,1H3,(H2,14,15,16,17). The quantitative estimate of drug-likeness (QED) is 0.540. The minimum Gasteiger partial charge on any atom is -0.399 e. The van der Waals surface area contributed by atoms with Crippen molar-refractivity contribution in [3.8, 4) is 0 Å². The van der Waals surface area contributed by atoms with Crippen molar-refractivity contribution in [2.45, 2.75) is 25.3 Å². The smallest absolute Gasteiger partial charge is 0.322 e. The van der Waals surface area contributed by atoms with Crippen molar-refractivity contribution in [1.82, 2.24) is 10.6 Å². The molecule has 1 aliphatic rings. The number of nitrogens with two attached hydrogens (primary N) is 1. The van der Waals surface area contributed by atoms with E-state index in [1.807, 2.05) is 6.92 Å². The van der Waals surface area contributed by atoms with E-state index in [1.165, 1.54) is 0 Å². The van der Waals surface area contributed by atoms with E-state index in [9.17, 15) is 9.59 Å². The van der Waals surface area contributed by atoms with Crippen molar-refractivity contribution in [1.29, 1.82) is 0 Å². The van der Waals surface area contributed by atoms with Gasteiger partial charge in [0.15, 0.2) is 0 Å². The predicted molar refractivity (Wildman–Crippen MR) is 64.1 cm³/mol. The van der Waals surface area contributed by atoms with Gasteiger partial charge in [0.05, 0.1) is 0 Å². The largest absolute Gasteiger partial charge is 0.399 e. The summed E-state index contributed by atoms with van der Waals surface area (Å²) in [5, 5.41) is 4.99. The van der Waals surface area contributed by atoms with Crippen LogP contribution in [0.1, 0.15) is 25.3 Å². The maximum absolute atomic E-state index is 12.0. The summed E-state index contributed by atoms with van der Waals surface area (Å²) in [6.45, 7) is 1.96. The molecule has 0 aliphatic carbocycles. The number of anilines is 1. The summed E-state index contributed by atoms with van der Waals surface area (Å²) >= 11 is 0. The highest BCUT2D eigenvalue weighted by Gasteiger charge is 2.46. The summed E-state index contributed by atoms with van der Waals surface area (Å²) in [6.07, 6.45) is 1.33. The molecule has 1 atom stereocenters. The minimum atomic E-state index is -0.971. The van der Waals surface area contributed by atoms with E-state index in [1.54, 1.807) is 24.3 Å². The molecule has 90 valence electrons. The van der Waals surface area contributed by atoms with Crippen LogP contribution in [-0.4, -0.2) is 11.9 Å². The van der Waals surface area contributed by atoms with Gasteiger partial charge in [0, 0.05) is 5.69 Å². The molecule has 0 spiro atoms. The first-order valence-corrected chi connectivity index (χ1v) is 5.58. The van der Waals surface area contributed by atoms with E-state index < -0.39 is 11.6 Å². The molecule has 0 aromatic heterocycles. The average molecular weight is 233 g/mol. The van der Waals surface area contributed by atoms with Gasteiger partial charge in [0.2, 0.25) is 0 Å². The predicted octanol–water partition coefficient (Wildman–Crippen LogP) is 1.10. The number of carbonyl (C=O) groups excluding carboxylic acids is 2. The Morgan fingerprint density at radius 3 is 2.65 bits per heavy atom. The van der Waals surface area contributed by atoms with Crippen molar-refractivity contribution in [3.63, 3.8) is 0 Å². The van der Waals surface area contributed by atoms with Gasteiger partial charge in [0.1, 0.15) is 5.54 Å². The first-order chi connectivity index (χ1) is 8.08. The van der Waals surface area contributed by atoms with E-state index in [0.29, 0.717) is 12.1 Å². The highest BCUT2D eigenvalue weighted by molar-refractivity contribution is 6.07. The van der Waals surface area contributed by atoms with Crippen molar-refractivity contribution in [2.75, 3.05) is 5.73 Å². The second-order valence-electron chi connectivity index (χ2n) is 4.19. The first kappa shape index (κ1) is 11.4. The lowest BCUT2D eigenvalue weighted by atomic mass is 9.85. The molecule has 0 bridgehead atoms. The summed E-state index contributed by atoms with van der Waals surface area (Å²) in [7, 11) is 0. The van der Waals surface area contributed by atoms with E-state index >= 15 is 0 Å². The minimum absolute atomic E-state index is 0.310. The van der Waals surface area contributed by atoms with Gasteiger partial charge in [-0.2, -0.15) is 0 Å². The third-order valence-corrected chi connectivity index (χ3v) is 2.95. The Bertz CT molecular complexity index is 473. The van der Waals surface area contributed by atoms with Crippen LogP contribution in [0.2, 0.25) is 0 Å². The summed E-state index contributed by atoms with van der Waals surface area (Å²) < 4.78 is 0. The zero-order valence-electron chi connectivity index (χ0n) is 9.62. The molecule has 2 rings (SSSR count). The first-order valence-electron chi connectivity index (χ1n) is 5.58. The third-order valence-electron chi connectivity index (χ3n) is 2.95. The number of amides is 3. The molecule has 5 heteroatoms. The summed E-state index contributed by atoms with van der Waals surface area (Å²) in [4.78, 5) is 23.3. The van der Waals surface area contributed by atoms with Crippen molar-refractivity contribution in [2.24, 2.45) is 0 Å². The monoisotopic (exact) mass is 233 g/mol. The van der Waals surface area contributed by atoms with Gasteiger partial charge in [-0.25, -0.2) is 4.79 Å². The lowest BCUT2D eigenvalue weighted by molar-refractivity contribution is -0.124. The molecule has 0 radical (unpaired) electrons. The topological polar surface area (TPSA) is 84.2 Å². The molecule has 3 amide bonds. The lowest BCUT2D eigenvalue weighted by Crippen LogP contribution is -2.43. The summed E-state index contributed by atoms with van der Waals surface area (Å²) in [5.41, 5.74) is 6.05. The highest BCUT2D eigenvalue weighted by Crippen LogP contribution is 2.30. The Kier molecular flexibility index (Phi) is 2.75. The molecule has 1 unspecified atom stereocenters. The van der Waals surface area contributed by atoms with E-state index in [2.05, 4.69) is 10.6 Å². The molecule has 1 aliphatic heterocycles. The van der Waals surface area contributed by atoms with Crippen LogP contribution in [-0.2, 0) is 10.3 Å². The fourth-order valence-electron chi connectivity index (χ4n) is 2.19. The van der Waals surface area contributed by atoms with E-state index in [4.69, 9.17) is 5.73 Å². The van der Waals surface area contributed by atoms with Crippen LogP contribution in [0, 0.1) is 0 Å². The number of hydrogen-bond acceptors (Lipinski definition) is 3. The number of nitrogen functional groups attached to an aromatic ring is 1. The van der Waals surface area contributed by atoms with Crippen molar-refractivity contribution >= 4 is 17.6 Å². The number of imide groups is 1. The van der Waals surface area contributed by atoms with Gasteiger partial charge in [-0.15, -0.1) is 0 Å². The second kappa shape index (κ2) is 4.08. The Labute approximate surface area is 99.4 Å². The lowest BCUT2D eigenvalue weighted by Gasteiger charge is -2.26. The molecule has 1 aromatic rings.